The Morgan fingerprint density at radius 2 is 1.96 bits per heavy atom. The number of nitrogens with zero attached hydrogens (tertiary/aromatic N) is 4. The summed E-state index contributed by atoms with van der Waals surface area (Å²) in [5.41, 5.74) is 2.94. The molecule has 2 N–H and O–H groups in total. The predicted octanol–water partition coefficient (Wildman–Crippen LogP) is 3.86. The molecule has 0 amide bonds. The Hall–Kier alpha value is -2.98. The van der Waals surface area contributed by atoms with Crippen molar-refractivity contribution < 1.29 is 4.74 Å². The highest BCUT2D eigenvalue weighted by Crippen LogP contribution is 2.22. The predicted molar refractivity (Wildman–Crippen MR) is 106 cm³/mol. The van der Waals surface area contributed by atoms with Gasteiger partial charge >= 0.3 is 0 Å². The fourth-order valence-corrected chi connectivity index (χ4v) is 3.30. The fourth-order valence-electron chi connectivity index (χ4n) is 2.48. The van der Waals surface area contributed by atoms with Crippen LogP contribution in [0.25, 0.3) is 0 Å². The topological polar surface area (TPSA) is 89.8 Å². The third kappa shape index (κ3) is 4.80. The molecule has 0 aliphatic carbocycles. The van der Waals surface area contributed by atoms with Crippen LogP contribution in [0, 0.1) is 11.3 Å². The average molecular weight is 379 g/mol. The molecular weight excluding hydrogens is 358 g/mol. The van der Waals surface area contributed by atoms with E-state index in [4.69, 9.17) is 15.8 Å². The van der Waals surface area contributed by atoms with Crippen LogP contribution >= 0.6 is 11.8 Å². The Labute approximate surface area is 163 Å². The minimum Gasteiger partial charge on any atom is -0.486 e. The van der Waals surface area contributed by atoms with Crippen LogP contribution in [0.2, 0.25) is 0 Å². The zero-order valence-electron chi connectivity index (χ0n) is 15.3. The third-order valence-electron chi connectivity index (χ3n) is 4.07. The Kier molecular flexibility index (Phi) is 5.99. The number of benzene rings is 2. The number of hydrogen-bond acceptors (Lipinski definition) is 6. The number of nitrogen functional groups attached to an aromatic ring is 1. The van der Waals surface area contributed by atoms with E-state index in [2.05, 4.69) is 42.2 Å². The molecule has 0 fully saturated rings. The molecule has 0 bridgehead atoms. The van der Waals surface area contributed by atoms with E-state index in [1.54, 1.807) is 6.07 Å². The summed E-state index contributed by atoms with van der Waals surface area (Å²) in [6.07, 6.45) is 0. The van der Waals surface area contributed by atoms with Crippen LogP contribution in [0.4, 0.5) is 0 Å². The molecule has 2 aromatic carbocycles. The molecule has 0 spiro atoms. The number of rotatable bonds is 7. The summed E-state index contributed by atoms with van der Waals surface area (Å²) in [6, 6.07) is 17.6. The quantitative estimate of drug-likeness (QED) is 0.495. The minimum atomic E-state index is 0.245. The second-order valence-electron chi connectivity index (χ2n) is 6.38. The van der Waals surface area contributed by atoms with E-state index in [1.165, 1.54) is 22.0 Å². The first kappa shape index (κ1) is 18.8. The first-order valence-electron chi connectivity index (χ1n) is 8.61. The first-order chi connectivity index (χ1) is 13.1. The van der Waals surface area contributed by atoms with E-state index in [9.17, 15) is 0 Å². The molecule has 6 nitrogen and oxygen atoms in total. The fraction of sp³-hybridized carbons (Fsp3) is 0.250. The molecule has 138 valence electrons. The van der Waals surface area contributed by atoms with E-state index in [0.717, 1.165) is 11.3 Å². The van der Waals surface area contributed by atoms with Gasteiger partial charge in [-0.2, -0.15) is 5.26 Å². The van der Waals surface area contributed by atoms with Crippen LogP contribution in [0.15, 0.2) is 53.7 Å². The number of aromatic nitrogens is 3. The maximum Gasteiger partial charge on any atom is 0.210 e. The lowest BCUT2D eigenvalue weighted by atomic mass is 10.0. The van der Waals surface area contributed by atoms with Crippen molar-refractivity contribution >= 4 is 11.8 Å². The van der Waals surface area contributed by atoms with E-state index < -0.39 is 0 Å². The average Bonchev–Trinajstić information content (AvgIpc) is 3.05. The molecular formula is C20H21N5OS. The van der Waals surface area contributed by atoms with E-state index in [1.807, 2.05) is 30.3 Å². The van der Waals surface area contributed by atoms with Crippen molar-refractivity contribution in [3.8, 4) is 11.8 Å². The summed E-state index contributed by atoms with van der Waals surface area (Å²) in [5.74, 6) is 8.55. The lowest BCUT2D eigenvalue weighted by molar-refractivity contribution is 0.291. The zero-order chi connectivity index (χ0) is 19.2. The van der Waals surface area contributed by atoms with Gasteiger partial charge in [-0.1, -0.05) is 49.9 Å². The van der Waals surface area contributed by atoms with Gasteiger partial charge in [-0.05, 0) is 41.3 Å². The van der Waals surface area contributed by atoms with Gasteiger partial charge in [0.2, 0.25) is 5.16 Å². The Balaban J connectivity index is 1.59. The maximum atomic E-state index is 8.97. The van der Waals surface area contributed by atoms with Gasteiger partial charge in [0.05, 0.1) is 11.6 Å². The number of nitrogens with two attached hydrogens (primary N) is 1. The van der Waals surface area contributed by atoms with Gasteiger partial charge < -0.3 is 10.6 Å². The van der Waals surface area contributed by atoms with E-state index in [-0.39, 0.29) is 6.61 Å². The summed E-state index contributed by atoms with van der Waals surface area (Å²) in [5, 5.41) is 17.8. The highest BCUT2D eigenvalue weighted by atomic mass is 32.2. The monoisotopic (exact) mass is 379 g/mol. The van der Waals surface area contributed by atoms with Crippen LogP contribution < -0.4 is 10.6 Å². The van der Waals surface area contributed by atoms with E-state index >= 15 is 0 Å². The molecule has 0 aliphatic rings. The molecule has 0 radical (unpaired) electrons. The van der Waals surface area contributed by atoms with Crippen LogP contribution in [0.3, 0.4) is 0 Å². The van der Waals surface area contributed by atoms with Crippen LogP contribution in [0.1, 0.15) is 42.3 Å². The molecule has 27 heavy (non-hydrogen) atoms. The third-order valence-corrected chi connectivity index (χ3v) is 5.09. The van der Waals surface area contributed by atoms with Gasteiger partial charge in [-0.25, -0.2) is 4.68 Å². The first-order valence-corrected chi connectivity index (χ1v) is 9.59. The SMILES string of the molecule is CC(C)c1ccc(OCc2nnc(SCc3cccc(C#N)c3)n2N)cc1. The molecule has 3 aromatic rings. The smallest absolute Gasteiger partial charge is 0.210 e. The van der Waals surface area contributed by atoms with Crippen molar-refractivity contribution in [3.63, 3.8) is 0 Å². The highest BCUT2D eigenvalue weighted by Gasteiger charge is 2.11. The molecule has 0 atom stereocenters. The summed E-state index contributed by atoms with van der Waals surface area (Å²) in [6.45, 7) is 4.56. The molecule has 0 aliphatic heterocycles. The largest absolute Gasteiger partial charge is 0.486 e. The van der Waals surface area contributed by atoms with E-state index in [0.29, 0.717) is 28.2 Å². The molecule has 1 aromatic heterocycles. The molecule has 0 unspecified atom stereocenters. The van der Waals surface area contributed by atoms with Crippen molar-refractivity contribution in [1.29, 1.82) is 5.26 Å². The maximum absolute atomic E-state index is 8.97. The summed E-state index contributed by atoms with van der Waals surface area (Å²) in [7, 11) is 0. The lowest BCUT2D eigenvalue weighted by Crippen LogP contribution is -2.15. The van der Waals surface area contributed by atoms with Gasteiger partial charge in [-0.3, -0.25) is 0 Å². The number of thioether (sulfide) groups is 1. The van der Waals surface area contributed by atoms with Crippen molar-refractivity contribution in [2.24, 2.45) is 0 Å². The Bertz CT molecular complexity index is 944. The van der Waals surface area contributed by atoms with Crippen LogP contribution in [-0.2, 0) is 12.4 Å². The molecule has 3 rings (SSSR count). The second kappa shape index (κ2) is 8.60. The van der Waals surface area contributed by atoms with Gasteiger partial charge in [0.15, 0.2) is 5.82 Å². The summed E-state index contributed by atoms with van der Waals surface area (Å²) >= 11 is 1.47. The summed E-state index contributed by atoms with van der Waals surface area (Å²) < 4.78 is 7.21. The molecule has 0 saturated carbocycles. The van der Waals surface area contributed by atoms with Crippen molar-refractivity contribution in [2.75, 3.05) is 5.84 Å². The highest BCUT2D eigenvalue weighted by molar-refractivity contribution is 7.98. The van der Waals surface area contributed by atoms with Crippen molar-refractivity contribution in [1.82, 2.24) is 14.9 Å². The second-order valence-corrected chi connectivity index (χ2v) is 7.32. The van der Waals surface area contributed by atoms with Crippen LogP contribution in [0.5, 0.6) is 5.75 Å². The van der Waals surface area contributed by atoms with Crippen molar-refractivity contribution in [3.05, 3.63) is 71.0 Å². The Morgan fingerprint density at radius 3 is 2.67 bits per heavy atom. The van der Waals surface area contributed by atoms with Crippen molar-refractivity contribution in [2.45, 2.75) is 37.3 Å². The Morgan fingerprint density at radius 1 is 1.19 bits per heavy atom. The van der Waals surface area contributed by atoms with Gasteiger partial charge in [0, 0.05) is 5.75 Å². The van der Waals surface area contributed by atoms with Gasteiger partial charge in [-0.15, -0.1) is 10.2 Å². The number of hydrogen-bond donors (Lipinski definition) is 1. The standard InChI is InChI=1S/C20H21N5OS/c1-14(2)17-6-8-18(9-7-17)26-12-19-23-24-20(25(19)22)27-13-16-5-3-4-15(10-16)11-21/h3-10,14H,12-13,22H2,1-2H3. The summed E-state index contributed by atoms with van der Waals surface area (Å²) in [4.78, 5) is 0. The van der Waals surface area contributed by atoms with Gasteiger partial charge in [0.25, 0.3) is 0 Å². The number of nitriles is 1. The molecule has 0 saturated heterocycles. The molecule has 1 heterocycles. The van der Waals surface area contributed by atoms with Crippen LogP contribution in [-0.4, -0.2) is 14.9 Å². The normalized spacial score (nSPS) is 10.7. The lowest BCUT2D eigenvalue weighted by Gasteiger charge is -2.09. The minimum absolute atomic E-state index is 0.245. The zero-order valence-corrected chi connectivity index (χ0v) is 16.1. The van der Waals surface area contributed by atoms with Gasteiger partial charge in [0.1, 0.15) is 12.4 Å². The molecule has 7 heteroatoms. The number of ether oxygens (including phenoxy) is 1.